The van der Waals surface area contributed by atoms with Crippen molar-refractivity contribution in [2.45, 2.75) is 4.90 Å². The molecule has 0 atom stereocenters. The largest absolute Gasteiger partial charge is 0.276 e. The maximum atomic E-state index is 12.8. The average molecular weight is 411 g/mol. The summed E-state index contributed by atoms with van der Waals surface area (Å²) in [5.74, 6) is 0. The summed E-state index contributed by atoms with van der Waals surface area (Å²) in [7, 11) is -3.81. The van der Waals surface area contributed by atoms with Gasteiger partial charge in [0.15, 0.2) is 0 Å². The Hall–Kier alpha value is -3.16. The second-order valence-electron chi connectivity index (χ2n) is 5.98. The molecule has 4 aromatic rings. The van der Waals surface area contributed by atoms with Crippen molar-refractivity contribution in [3.05, 3.63) is 90.2 Å². The zero-order valence-electron chi connectivity index (χ0n) is 14.5. The van der Waals surface area contributed by atoms with Crippen molar-refractivity contribution < 1.29 is 8.42 Å². The maximum Gasteiger partial charge on any atom is 0.276 e. The summed E-state index contributed by atoms with van der Waals surface area (Å²) >= 11 is 5.96. The van der Waals surface area contributed by atoms with Crippen LogP contribution in [0.25, 0.3) is 22.5 Å². The summed E-state index contributed by atoms with van der Waals surface area (Å²) in [4.78, 5) is 8.04. The monoisotopic (exact) mass is 410 g/mol. The van der Waals surface area contributed by atoms with Crippen molar-refractivity contribution in [2.75, 3.05) is 4.83 Å². The van der Waals surface area contributed by atoms with Gasteiger partial charge in [0, 0.05) is 28.5 Å². The highest BCUT2D eigenvalue weighted by Crippen LogP contribution is 2.26. The average Bonchev–Trinajstić information content (AvgIpc) is 3.13. The van der Waals surface area contributed by atoms with E-state index in [1.54, 1.807) is 54.9 Å². The van der Waals surface area contributed by atoms with Crippen LogP contribution in [-0.4, -0.2) is 23.3 Å². The molecule has 0 radical (unpaired) electrons. The minimum Gasteiger partial charge on any atom is -0.264 e. The first-order valence-electron chi connectivity index (χ1n) is 8.37. The second kappa shape index (κ2) is 7.46. The van der Waals surface area contributed by atoms with Gasteiger partial charge in [-0.1, -0.05) is 41.9 Å². The summed E-state index contributed by atoms with van der Waals surface area (Å²) in [6, 6.07) is 20.7. The van der Waals surface area contributed by atoms with Gasteiger partial charge in [-0.25, -0.2) is 0 Å². The molecule has 2 aromatic heterocycles. The van der Waals surface area contributed by atoms with Crippen LogP contribution in [0, 0.1) is 0 Å². The van der Waals surface area contributed by atoms with E-state index in [1.165, 1.54) is 16.9 Å². The van der Waals surface area contributed by atoms with E-state index in [-0.39, 0.29) is 4.90 Å². The molecule has 6 nitrogen and oxygen atoms in total. The fraction of sp³-hybridized carbons (Fsp3) is 0. The standard InChI is InChI=1S/C20H15ClN4O2S/c21-17-10-8-15(9-11-17)19-13-20(16-5-4-12-22-14-16)25(23-19)24-28(26,27)18-6-2-1-3-7-18/h1-14,24H. The van der Waals surface area contributed by atoms with Crippen LogP contribution in [0.1, 0.15) is 0 Å². The van der Waals surface area contributed by atoms with Gasteiger partial charge in [-0.15, -0.1) is 0 Å². The van der Waals surface area contributed by atoms with Crippen LogP contribution < -0.4 is 4.83 Å². The van der Waals surface area contributed by atoms with Crippen molar-refractivity contribution >= 4 is 21.6 Å². The van der Waals surface area contributed by atoms with Gasteiger partial charge in [-0.05, 0) is 42.5 Å². The molecule has 0 unspecified atom stereocenters. The first-order chi connectivity index (χ1) is 13.5. The number of nitrogens with zero attached hydrogens (tertiary/aromatic N) is 3. The lowest BCUT2D eigenvalue weighted by Crippen LogP contribution is -2.25. The first kappa shape index (κ1) is 18.2. The third-order valence-electron chi connectivity index (χ3n) is 4.07. The Morgan fingerprint density at radius 2 is 1.64 bits per heavy atom. The number of halogens is 1. The third-order valence-corrected chi connectivity index (χ3v) is 5.62. The fourth-order valence-corrected chi connectivity index (χ4v) is 3.81. The maximum absolute atomic E-state index is 12.8. The van der Waals surface area contributed by atoms with E-state index in [0.29, 0.717) is 16.4 Å². The summed E-state index contributed by atoms with van der Waals surface area (Å²) < 4.78 is 25.5. The molecular weight excluding hydrogens is 396 g/mol. The van der Waals surface area contributed by atoms with E-state index in [1.807, 2.05) is 18.2 Å². The molecule has 0 saturated heterocycles. The van der Waals surface area contributed by atoms with Gasteiger partial charge in [-0.3, -0.25) is 4.98 Å². The van der Waals surface area contributed by atoms with Crippen molar-refractivity contribution in [3.8, 4) is 22.5 Å². The van der Waals surface area contributed by atoms with Gasteiger partial charge in [0.2, 0.25) is 0 Å². The van der Waals surface area contributed by atoms with Crippen molar-refractivity contribution in [2.24, 2.45) is 0 Å². The molecule has 0 spiro atoms. The highest BCUT2D eigenvalue weighted by Gasteiger charge is 2.18. The number of rotatable bonds is 5. The zero-order valence-corrected chi connectivity index (χ0v) is 16.1. The van der Waals surface area contributed by atoms with Gasteiger partial charge in [0.1, 0.15) is 0 Å². The Kier molecular flexibility index (Phi) is 4.85. The van der Waals surface area contributed by atoms with E-state index < -0.39 is 10.0 Å². The van der Waals surface area contributed by atoms with Crippen LogP contribution in [0.4, 0.5) is 0 Å². The molecule has 140 valence electrons. The zero-order chi connectivity index (χ0) is 19.6. The lowest BCUT2D eigenvalue weighted by Gasteiger charge is -2.11. The molecule has 0 aliphatic heterocycles. The number of benzene rings is 2. The molecule has 28 heavy (non-hydrogen) atoms. The van der Waals surface area contributed by atoms with Crippen LogP contribution in [0.5, 0.6) is 0 Å². The van der Waals surface area contributed by atoms with Gasteiger partial charge in [-0.2, -0.15) is 23.1 Å². The molecule has 0 amide bonds. The molecule has 4 rings (SSSR count). The van der Waals surface area contributed by atoms with Gasteiger partial charge >= 0.3 is 0 Å². The lowest BCUT2D eigenvalue weighted by molar-refractivity contribution is 0.592. The van der Waals surface area contributed by atoms with E-state index in [4.69, 9.17) is 11.6 Å². The predicted molar refractivity (Wildman–Crippen MR) is 109 cm³/mol. The number of nitrogens with one attached hydrogen (secondary N) is 1. The molecule has 0 aliphatic rings. The molecular formula is C20H15ClN4O2S. The van der Waals surface area contributed by atoms with Crippen LogP contribution >= 0.6 is 11.6 Å². The Morgan fingerprint density at radius 1 is 0.893 bits per heavy atom. The highest BCUT2D eigenvalue weighted by atomic mass is 35.5. The minimum atomic E-state index is -3.81. The van der Waals surface area contributed by atoms with Crippen molar-refractivity contribution in [1.29, 1.82) is 0 Å². The van der Waals surface area contributed by atoms with Gasteiger partial charge < -0.3 is 0 Å². The molecule has 0 fully saturated rings. The van der Waals surface area contributed by atoms with Crippen molar-refractivity contribution in [1.82, 2.24) is 14.9 Å². The topological polar surface area (TPSA) is 76.9 Å². The molecule has 0 bridgehead atoms. The molecule has 2 aromatic carbocycles. The molecule has 2 heterocycles. The minimum absolute atomic E-state index is 0.149. The highest BCUT2D eigenvalue weighted by molar-refractivity contribution is 7.92. The Morgan fingerprint density at radius 3 is 2.32 bits per heavy atom. The SMILES string of the molecule is O=S(=O)(Nn1nc(-c2ccc(Cl)cc2)cc1-c1cccnc1)c1ccccc1. The smallest absolute Gasteiger partial charge is 0.264 e. The summed E-state index contributed by atoms with van der Waals surface area (Å²) in [5.41, 5.74) is 2.71. The van der Waals surface area contributed by atoms with E-state index in [2.05, 4.69) is 14.9 Å². The second-order valence-corrected chi connectivity index (χ2v) is 8.08. The summed E-state index contributed by atoms with van der Waals surface area (Å²) in [6.07, 6.45) is 3.30. The fourth-order valence-electron chi connectivity index (χ4n) is 2.70. The quantitative estimate of drug-likeness (QED) is 0.535. The summed E-state index contributed by atoms with van der Waals surface area (Å²) in [6.45, 7) is 0. The van der Waals surface area contributed by atoms with Crippen LogP contribution in [-0.2, 0) is 10.0 Å². The van der Waals surface area contributed by atoms with Crippen LogP contribution in [0.2, 0.25) is 5.02 Å². The molecule has 8 heteroatoms. The Labute approximate surface area is 167 Å². The summed E-state index contributed by atoms with van der Waals surface area (Å²) in [5, 5.41) is 5.06. The van der Waals surface area contributed by atoms with E-state index in [0.717, 1.165) is 11.1 Å². The van der Waals surface area contributed by atoms with Gasteiger partial charge in [0.05, 0.1) is 16.3 Å². The van der Waals surface area contributed by atoms with E-state index in [9.17, 15) is 8.42 Å². The Bertz CT molecular complexity index is 1190. The number of pyridine rings is 1. The molecule has 0 aliphatic carbocycles. The van der Waals surface area contributed by atoms with Crippen LogP contribution in [0.15, 0.2) is 90.1 Å². The number of hydrogen-bond donors (Lipinski definition) is 1. The van der Waals surface area contributed by atoms with Crippen LogP contribution in [0.3, 0.4) is 0 Å². The normalized spacial score (nSPS) is 11.3. The predicted octanol–water partition coefficient (Wildman–Crippen LogP) is 4.20. The number of hydrogen-bond acceptors (Lipinski definition) is 4. The Balaban J connectivity index is 1.80. The third kappa shape index (κ3) is 3.76. The first-order valence-corrected chi connectivity index (χ1v) is 10.2. The molecule has 0 saturated carbocycles. The van der Waals surface area contributed by atoms with Gasteiger partial charge in [0.25, 0.3) is 10.0 Å². The number of sulfonamides is 1. The number of aromatic nitrogens is 3. The molecule has 1 N–H and O–H groups in total. The van der Waals surface area contributed by atoms with E-state index >= 15 is 0 Å². The van der Waals surface area contributed by atoms with Crippen molar-refractivity contribution in [3.63, 3.8) is 0 Å². The lowest BCUT2D eigenvalue weighted by atomic mass is 10.1.